The van der Waals surface area contributed by atoms with Crippen molar-refractivity contribution < 1.29 is 9.90 Å². The Bertz CT molecular complexity index is 616. The van der Waals surface area contributed by atoms with Crippen LogP contribution in [0.25, 0.3) is 10.9 Å². The summed E-state index contributed by atoms with van der Waals surface area (Å²) in [6.07, 6.45) is 0.162. The quantitative estimate of drug-likeness (QED) is 0.850. The van der Waals surface area contributed by atoms with Gasteiger partial charge in [-0.15, -0.1) is 0 Å². The SMILES string of the molecule is Cc1c(Cl)c(CSCCC(=O)O)nc2ccccc12. The molecule has 0 spiro atoms. The lowest BCUT2D eigenvalue weighted by molar-refractivity contribution is -0.136. The number of carbonyl (C=O) groups is 1. The van der Waals surface area contributed by atoms with Gasteiger partial charge in [-0.05, 0) is 18.6 Å². The highest BCUT2D eigenvalue weighted by Crippen LogP contribution is 2.29. The van der Waals surface area contributed by atoms with E-state index in [0.29, 0.717) is 16.5 Å². The predicted octanol–water partition coefficient (Wildman–Crippen LogP) is 3.90. The van der Waals surface area contributed by atoms with E-state index in [1.54, 1.807) is 0 Å². The molecule has 1 aromatic carbocycles. The topological polar surface area (TPSA) is 50.2 Å². The van der Waals surface area contributed by atoms with Crippen LogP contribution in [0.1, 0.15) is 17.7 Å². The Morgan fingerprint density at radius 2 is 2.16 bits per heavy atom. The van der Waals surface area contributed by atoms with Crippen LogP contribution in [0.3, 0.4) is 0 Å². The van der Waals surface area contributed by atoms with E-state index in [9.17, 15) is 4.79 Å². The van der Waals surface area contributed by atoms with Gasteiger partial charge < -0.3 is 5.11 Å². The zero-order valence-corrected chi connectivity index (χ0v) is 12.1. The number of benzene rings is 1. The highest BCUT2D eigenvalue weighted by molar-refractivity contribution is 7.98. The molecule has 100 valence electrons. The lowest BCUT2D eigenvalue weighted by Gasteiger charge is -2.09. The molecule has 0 fully saturated rings. The van der Waals surface area contributed by atoms with Crippen LogP contribution < -0.4 is 0 Å². The van der Waals surface area contributed by atoms with Gasteiger partial charge in [-0.25, -0.2) is 0 Å². The van der Waals surface area contributed by atoms with Gasteiger partial charge in [0.05, 0.1) is 22.7 Å². The summed E-state index contributed by atoms with van der Waals surface area (Å²) in [6, 6.07) is 7.88. The van der Waals surface area contributed by atoms with Crippen molar-refractivity contribution in [1.82, 2.24) is 4.98 Å². The molecule has 0 aliphatic heterocycles. The fourth-order valence-electron chi connectivity index (χ4n) is 1.84. The number of halogens is 1. The van der Waals surface area contributed by atoms with E-state index in [1.165, 1.54) is 11.8 Å². The summed E-state index contributed by atoms with van der Waals surface area (Å²) in [7, 11) is 0. The standard InChI is InChI=1S/C14H14ClNO2S/c1-9-10-4-2-3-5-11(10)16-12(14(9)15)8-19-7-6-13(17)18/h2-5H,6-8H2,1H3,(H,17,18). The summed E-state index contributed by atoms with van der Waals surface area (Å²) < 4.78 is 0. The molecule has 0 atom stereocenters. The molecular formula is C14H14ClNO2S. The van der Waals surface area contributed by atoms with Crippen LogP contribution in [0, 0.1) is 6.92 Å². The van der Waals surface area contributed by atoms with E-state index in [-0.39, 0.29) is 6.42 Å². The number of para-hydroxylation sites is 1. The molecule has 0 radical (unpaired) electrons. The highest BCUT2D eigenvalue weighted by Gasteiger charge is 2.10. The number of carboxylic acid groups (broad SMARTS) is 1. The van der Waals surface area contributed by atoms with Crippen LogP contribution in [0.15, 0.2) is 24.3 Å². The first-order valence-electron chi connectivity index (χ1n) is 5.93. The van der Waals surface area contributed by atoms with E-state index in [1.807, 2.05) is 31.2 Å². The first kappa shape index (κ1) is 14.2. The van der Waals surface area contributed by atoms with Crippen LogP contribution in [0.4, 0.5) is 0 Å². The number of hydrogen-bond acceptors (Lipinski definition) is 3. The van der Waals surface area contributed by atoms with Gasteiger partial charge in [-0.1, -0.05) is 29.8 Å². The minimum Gasteiger partial charge on any atom is -0.481 e. The Morgan fingerprint density at radius 3 is 2.89 bits per heavy atom. The van der Waals surface area contributed by atoms with Gasteiger partial charge >= 0.3 is 5.97 Å². The van der Waals surface area contributed by atoms with Gasteiger partial charge in [-0.3, -0.25) is 9.78 Å². The molecule has 1 heterocycles. The van der Waals surface area contributed by atoms with Crippen molar-refractivity contribution in [3.8, 4) is 0 Å². The number of aromatic nitrogens is 1. The van der Waals surface area contributed by atoms with Crippen molar-refractivity contribution in [2.75, 3.05) is 5.75 Å². The molecule has 0 amide bonds. The number of aryl methyl sites for hydroxylation is 1. The summed E-state index contributed by atoms with van der Waals surface area (Å²) in [6.45, 7) is 1.98. The molecule has 2 aromatic rings. The fraction of sp³-hybridized carbons (Fsp3) is 0.286. The first-order chi connectivity index (χ1) is 9.09. The predicted molar refractivity (Wildman–Crippen MR) is 79.9 cm³/mol. The zero-order valence-electron chi connectivity index (χ0n) is 10.5. The van der Waals surface area contributed by atoms with Gasteiger partial charge in [0, 0.05) is 16.9 Å². The molecule has 5 heteroatoms. The van der Waals surface area contributed by atoms with Gasteiger partial charge in [0.15, 0.2) is 0 Å². The van der Waals surface area contributed by atoms with E-state index in [4.69, 9.17) is 16.7 Å². The Balaban J connectivity index is 2.19. The average molecular weight is 296 g/mol. The second-order valence-electron chi connectivity index (χ2n) is 4.21. The van der Waals surface area contributed by atoms with Crippen LogP contribution in [0.5, 0.6) is 0 Å². The number of thioether (sulfide) groups is 1. The lowest BCUT2D eigenvalue weighted by atomic mass is 10.1. The van der Waals surface area contributed by atoms with Crippen LogP contribution in [-0.4, -0.2) is 21.8 Å². The summed E-state index contributed by atoms with van der Waals surface area (Å²) in [5, 5.41) is 10.3. The van der Waals surface area contributed by atoms with Gasteiger partial charge in [0.25, 0.3) is 0 Å². The third-order valence-corrected chi connectivity index (χ3v) is 4.32. The molecule has 19 heavy (non-hydrogen) atoms. The molecule has 0 unspecified atom stereocenters. The summed E-state index contributed by atoms with van der Waals surface area (Å²) in [5.41, 5.74) is 2.78. The number of carboxylic acids is 1. The van der Waals surface area contributed by atoms with Crippen LogP contribution in [-0.2, 0) is 10.5 Å². The second kappa shape index (κ2) is 6.26. The minimum absolute atomic E-state index is 0.162. The van der Waals surface area contributed by atoms with E-state index < -0.39 is 5.97 Å². The Hall–Kier alpha value is -1.26. The average Bonchev–Trinajstić information content (AvgIpc) is 2.40. The van der Waals surface area contributed by atoms with Crippen molar-refractivity contribution in [2.45, 2.75) is 19.1 Å². The molecule has 0 saturated heterocycles. The largest absolute Gasteiger partial charge is 0.481 e. The molecule has 2 rings (SSSR count). The van der Waals surface area contributed by atoms with E-state index in [0.717, 1.165) is 22.2 Å². The highest BCUT2D eigenvalue weighted by atomic mass is 35.5. The van der Waals surface area contributed by atoms with Crippen LogP contribution in [0.2, 0.25) is 5.02 Å². The fourth-order valence-corrected chi connectivity index (χ4v) is 3.00. The number of rotatable bonds is 5. The molecule has 1 N–H and O–H groups in total. The normalized spacial score (nSPS) is 10.8. The third-order valence-electron chi connectivity index (χ3n) is 2.85. The first-order valence-corrected chi connectivity index (χ1v) is 7.46. The molecular weight excluding hydrogens is 282 g/mol. The number of hydrogen-bond donors (Lipinski definition) is 1. The second-order valence-corrected chi connectivity index (χ2v) is 5.69. The van der Waals surface area contributed by atoms with E-state index in [2.05, 4.69) is 4.98 Å². The third kappa shape index (κ3) is 3.39. The monoisotopic (exact) mass is 295 g/mol. The van der Waals surface area contributed by atoms with Crippen molar-refractivity contribution in [1.29, 1.82) is 0 Å². The van der Waals surface area contributed by atoms with Crippen molar-refractivity contribution >= 4 is 40.2 Å². The molecule has 3 nitrogen and oxygen atoms in total. The number of fused-ring (bicyclic) bond motifs is 1. The van der Waals surface area contributed by atoms with Gasteiger partial charge in [0.1, 0.15) is 0 Å². The molecule has 1 aromatic heterocycles. The Labute approximate surface area is 121 Å². The Kier molecular flexibility index (Phi) is 4.66. The molecule has 0 saturated carbocycles. The van der Waals surface area contributed by atoms with Gasteiger partial charge in [-0.2, -0.15) is 11.8 Å². The van der Waals surface area contributed by atoms with Crippen molar-refractivity contribution in [3.05, 3.63) is 40.5 Å². The summed E-state index contributed by atoms with van der Waals surface area (Å²) >= 11 is 7.86. The molecule has 0 aliphatic rings. The minimum atomic E-state index is -0.777. The van der Waals surface area contributed by atoms with E-state index >= 15 is 0 Å². The van der Waals surface area contributed by atoms with Gasteiger partial charge in [0.2, 0.25) is 0 Å². The maximum absolute atomic E-state index is 10.5. The van der Waals surface area contributed by atoms with Crippen molar-refractivity contribution in [2.24, 2.45) is 0 Å². The number of nitrogens with zero attached hydrogens (tertiary/aromatic N) is 1. The number of aliphatic carboxylic acids is 1. The smallest absolute Gasteiger partial charge is 0.304 e. The zero-order chi connectivity index (χ0) is 13.8. The maximum atomic E-state index is 10.5. The maximum Gasteiger partial charge on any atom is 0.304 e. The number of pyridine rings is 1. The van der Waals surface area contributed by atoms with Crippen molar-refractivity contribution in [3.63, 3.8) is 0 Å². The Morgan fingerprint density at radius 1 is 1.42 bits per heavy atom. The summed E-state index contributed by atoms with van der Waals surface area (Å²) in [4.78, 5) is 15.0. The summed E-state index contributed by atoms with van der Waals surface area (Å²) in [5.74, 6) is 0.429. The lowest BCUT2D eigenvalue weighted by Crippen LogP contribution is -1.98. The van der Waals surface area contributed by atoms with Crippen LogP contribution >= 0.6 is 23.4 Å². The molecule has 0 aliphatic carbocycles. The molecule has 0 bridgehead atoms.